The maximum absolute atomic E-state index is 11.9. The molecule has 0 amide bonds. The van der Waals surface area contributed by atoms with Crippen LogP contribution in [0.5, 0.6) is 0 Å². The summed E-state index contributed by atoms with van der Waals surface area (Å²) in [7, 11) is 0. The first kappa shape index (κ1) is 31.1. The van der Waals surface area contributed by atoms with Crippen LogP contribution in [0.4, 0.5) is 0 Å². The Balaban J connectivity index is 1.05. The minimum Gasteiger partial charge on any atom is -0.456 e. The lowest BCUT2D eigenvalue weighted by Gasteiger charge is -2.58. The molecule has 0 unspecified atom stereocenters. The van der Waals surface area contributed by atoms with E-state index in [-0.39, 0.29) is 17.3 Å². The van der Waals surface area contributed by atoms with Crippen LogP contribution in [0.15, 0.2) is 11.6 Å². The van der Waals surface area contributed by atoms with Crippen molar-refractivity contribution in [2.45, 2.75) is 149 Å². The van der Waals surface area contributed by atoms with Gasteiger partial charge in [-0.3, -0.25) is 9.59 Å². The maximum atomic E-state index is 11.9. The zero-order valence-corrected chi connectivity index (χ0v) is 27.8. The highest BCUT2D eigenvalue weighted by molar-refractivity contribution is 5.67. The van der Waals surface area contributed by atoms with Crippen molar-refractivity contribution in [3.05, 3.63) is 11.6 Å². The number of esters is 2. The van der Waals surface area contributed by atoms with Gasteiger partial charge in [0, 0.05) is 26.2 Å². The van der Waals surface area contributed by atoms with E-state index in [1.165, 1.54) is 45.1 Å². The summed E-state index contributed by atoms with van der Waals surface area (Å²) in [6.45, 7) is 15.2. The average Bonchev–Trinajstić information content (AvgIpc) is 3.52. The van der Waals surface area contributed by atoms with Crippen LogP contribution in [0, 0.1) is 46.3 Å². The molecule has 0 aromatic carbocycles. The van der Waals surface area contributed by atoms with Gasteiger partial charge in [0.2, 0.25) is 0 Å². The molecule has 6 fully saturated rings. The number of fused-ring (bicyclic) bond motifs is 7. The van der Waals surface area contributed by atoms with E-state index in [9.17, 15) is 9.59 Å². The van der Waals surface area contributed by atoms with Crippen LogP contribution >= 0.6 is 0 Å². The van der Waals surface area contributed by atoms with Crippen molar-refractivity contribution >= 4 is 11.9 Å². The minimum absolute atomic E-state index is 0.0273. The fourth-order valence-electron chi connectivity index (χ4n) is 11.5. The van der Waals surface area contributed by atoms with Crippen LogP contribution in [-0.2, 0) is 38.0 Å². The van der Waals surface area contributed by atoms with Gasteiger partial charge in [-0.05, 0) is 98.7 Å². The summed E-state index contributed by atoms with van der Waals surface area (Å²) in [6.07, 6.45) is 10.2. The zero-order chi connectivity index (χ0) is 31.2. The molecule has 15 atom stereocenters. The van der Waals surface area contributed by atoms with Crippen LogP contribution in [0.3, 0.4) is 0 Å². The molecule has 7 rings (SSSR count). The van der Waals surface area contributed by atoms with E-state index in [2.05, 4.69) is 33.8 Å². The number of hydrogen-bond donors (Lipinski definition) is 0. The van der Waals surface area contributed by atoms with Gasteiger partial charge in [-0.15, -0.1) is 0 Å². The van der Waals surface area contributed by atoms with Crippen LogP contribution in [0.25, 0.3) is 0 Å². The normalized spacial score (nSPS) is 52.8. The number of hydrogen-bond acceptors (Lipinski definition) is 8. The molecule has 3 saturated carbocycles. The van der Waals surface area contributed by atoms with Crippen molar-refractivity contribution in [2.24, 2.45) is 46.3 Å². The third kappa shape index (κ3) is 4.83. The molecule has 0 N–H and O–H groups in total. The Kier molecular flexibility index (Phi) is 7.82. The molecular formula is C36H54O8. The van der Waals surface area contributed by atoms with E-state index < -0.39 is 36.5 Å². The second-order valence-corrected chi connectivity index (χ2v) is 16.1. The fraction of sp³-hybridized carbons (Fsp3) is 0.889. The highest BCUT2D eigenvalue weighted by atomic mass is 16.7. The maximum Gasteiger partial charge on any atom is 0.303 e. The number of carbonyl (C=O) groups is 2. The molecule has 0 aromatic rings. The highest BCUT2D eigenvalue weighted by Gasteiger charge is 2.68. The van der Waals surface area contributed by atoms with Crippen molar-refractivity contribution in [3.8, 4) is 0 Å². The van der Waals surface area contributed by atoms with Crippen LogP contribution in [-0.4, -0.2) is 61.1 Å². The predicted molar refractivity (Wildman–Crippen MR) is 162 cm³/mol. The van der Waals surface area contributed by atoms with E-state index in [4.69, 9.17) is 28.4 Å². The highest BCUT2D eigenvalue weighted by Crippen LogP contribution is 2.70. The summed E-state index contributed by atoms with van der Waals surface area (Å²) in [5.41, 5.74) is 2.01. The molecule has 246 valence electrons. The lowest BCUT2D eigenvalue weighted by molar-refractivity contribution is -0.272. The second kappa shape index (κ2) is 11.1. The lowest BCUT2D eigenvalue weighted by Crippen LogP contribution is -2.52. The van der Waals surface area contributed by atoms with E-state index in [0.29, 0.717) is 47.0 Å². The van der Waals surface area contributed by atoms with E-state index in [1.54, 1.807) is 0 Å². The number of carbonyl (C=O) groups excluding carboxylic acids is 2. The summed E-state index contributed by atoms with van der Waals surface area (Å²) in [5.74, 6) is 2.50. The SMILES string of the molecule is CC(=O)O[C@H]1[C@H](O[C@H]2CC[C@@]3(C)C(=CC[C@H]4[C@@H]5C[C@@H]6O[C@]7(CC[C@@H](C)CO7)[C@@H](C)[C@@H]6[C@@]5(C)CC[C@@H]43)C2)O[C@H](C)[C@H]1OC(C)=O. The molecule has 1 spiro atoms. The number of allylic oxidation sites excluding steroid dienone is 1. The standard InChI is InChI=1S/C36H54O8/c1-19-10-15-36(39-18-19)20(2)30-29(44-36)17-28-26-9-8-24-16-25(11-13-34(24,6)27(26)12-14-35(28,30)7)43-33-32(42-23(5)38)31(21(3)40-33)41-22(4)37/h8,19-21,25-33H,9-18H2,1-7H3/t19-,20+,21-,25+,26-,27+,28+,29+,30+,31-,32-,33+,34+,35+,36-/m1/s1. The summed E-state index contributed by atoms with van der Waals surface area (Å²) in [4.78, 5) is 23.7. The number of ether oxygens (including phenoxy) is 6. The van der Waals surface area contributed by atoms with Crippen LogP contribution in [0.1, 0.15) is 106 Å². The Morgan fingerprint density at radius 2 is 1.68 bits per heavy atom. The molecule has 0 aromatic heterocycles. The summed E-state index contributed by atoms with van der Waals surface area (Å²) in [5, 5.41) is 0. The number of rotatable bonds is 4. The zero-order valence-electron chi connectivity index (χ0n) is 27.8. The van der Waals surface area contributed by atoms with E-state index in [0.717, 1.165) is 38.7 Å². The Hall–Kier alpha value is -1.48. The lowest BCUT2D eigenvalue weighted by atomic mass is 9.47. The molecule has 8 heteroatoms. The second-order valence-electron chi connectivity index (χ2n) is 16.1. The third-order valence-corrected chi connectivity index (χ3v) is 13.7. The summed E-state index contributed by atoms with van der Waals surface area (Å²) >= 11 is 0. The topological polar surface area (TPSA) is 89.5 Å². The Bertz CT molecular complexity index is 1170. The van der Waals surface area contributed by atoms with Gasteiger partial charge in [0.1, 0.15) is 0 Å². The van der Waals surface area contributed by atoms with Gasteiger partial charge in [-0.25, -0.2) is 0 Å². The van der Waals surface area contributed by atoms with Gasteiger partial charge in [-0.2, -0.15) is 0 Å². The molecular weight excluding hydrogens is 560 g/mol. The largest absolute Gasteiger partial charge is 0.456 e. The first-order chi connectivity index (χ1) is 20.8. The van der Waals surface area contributed by atoms with Gasteiger partial charge >= 0.3 is 11.9 Å². The Morgan fingerprint density at radius 1 is 0.932 bits per heavy atom. The molecule has 3 aliphatic heterocycles. The van der Waals surface area contributed by atoms with Gasteiger partial charge < -0.3 is 28.4 Å². The monoisotopic (exact) mass is 614 g/mol. The Labute approximate surface area is 263 Å². The molecule has 8 nitrogen and oxygen atoms in total. The van der Waals surface area contributed by atoms with Crippen molar-refractivity contribution < 1.29 is 38.0 Å². The minimum atomic E-state index is -0.770. The smallest absolute Gasteiger partial charge is 0.303 e. The molecule has 3 saturated heterocycles. The summed E-state index contributed by atoms with van der Waals surface area (Å²) in [6, 6.07) is 0. The van der Waals surface area contributed by atoms with Gasteiger partial charge in [0.15, 0.2) is 24.3 Å². The van der Waals surface area contributed by atoms with Gasteiger partial charge in [-0.1, -0.05) is 39.3 Å². The van der Waals surface area contributed by atoms with Crippen LogP contribution in [0.2, 0.25) is 0 Å². The Morgan fingerprint density at radius 3 is 2.39 bits per heavy atom. The van der Waals surface area contributed by atoms with E-state index in [1.807, 2.05) is 6.92 Å². The van der Waals surface area contributed by atoms with Crippen molar-refractivity contribution in [1.82, 2.24) is 0 Å². The molecule has 0 radical (unpaired) electrons. The van der Waals surface area contributed by atoms with Gasteiger partial charge in [0.05, 0.1) is 24.9 Å². The summed E-state index contributed by atoms with van der Waals surface area (Å²) < 4.78 is 37.1. The molecule has 4 aliphatic carbocycles. The molecule has 44 heavy (non-hydrogen) atoms. The fourth-order valence-corrected chi connectivity index (χ4v) is 11.5. The van der Waals surface area contributed by atoms with Crippen molar-refractivity contribution in [3.63, 3.8) is 0 Å². The third-order valence-electron chi connectivity index (χ3n) is 13.7. The first-order valence-corrected chi connectivity index (χ1v) is 17.5. The van der Waals surface area contributed by atoms with Crippen molar-refractivity contribution in [2.75, 3.05) is 6.61 Å². The molecule has 3 heterocycles. The first-order valence-electron chi connectivity index (χ1n) is 17.5. The van der Waals surface area contributed by atoms with Crippen molar-refractivity contribution in [1.29, 1.82) is 0 Å². The van der Waals surface area contributed by atoms with E-state index >= 15 is 0 Å². The molecule has 0 bridgehead atoms. The molecule has 7 aliphatic rings. The van der Waals surface area contributed by atoms with Crippen LogP contribution < -0.4 is 0 Å². The predicted octanol–water partition coefficient (Wildman–Crippen LogP) is 6.35. The quantitative estimate of drug-likeness (QED) is 0.268. The van der Waals surface area contributed by atoms with Gasteiger partial charge in [0.25, 0.3) is 0 Å². The average molecular weight is 615 g/mol.